The fourth-order valence-corrected chi connectivity index (χ4v) is 1.93. The third kappa shape index (κ3) is 3.39. The molecule has 0 fully saturated rings. The fourth-order valence-electron chi connectivity index (χ4n) is 1.47. The number of halogens is 2. The first kappa shape index (κ1) is 14.1. The molecule has 2 rings (SSSR count). The average Bonchev–Trinajstić information content (AvgIpc) is 2.38. The van der Waals surface area contributed by atoms with Gasteiger partial charge in [-0.05, 0) is 30.3 Å². The van der Waals surface area contributed by atoms with Crippen molar-refractivity contribution < 1.29 is 19.1 Å². The lowest BCUT2D eigenvalue weighted by Crippen LogP contribution is -2.13. The lowest BCUT2D eigenvalue weighted by atomic mass is 10.2. The summed E-state index contributed by atoms with van der Waals surface area (Å²) in [7, 11) is 0. The summed E-state index contributed by atoms with van der Waals surface area (Å²) in [5.41, 5.74) is 0.137. The zero-order chi connectivity index (χ0) is 14.7. The second-order valence-corrected chi connectivity index (χ2v) is 4.77. The van der Waals surface area contributed by atoms with Crippen LogP contribution in [0.25, 0.3) is 0 Å². The standard InChI is InChI=1S/C13H8BrFN2O3/c14-9-3-8(4-10(15)5-9)12(18)17-11-2-1-7(6-16-11)13(19)20/h1-6H,(H,19,20)(H,16,17,18). The highest BCUT2D eigenvalue weighted by atomic mass is 79.9. The largest absolute Gasteiger partial charge is 0.478 e. The van der Waals surface area contributed by atoms with Gasteiger partial charge in [0.1, 0.15) is 11.6 Å². The highest BCUT2D eigenvalue weighted by Gasteiger charge is 2.10. The SMILES string of the molecule is O=C(O)c1ccc(NC(=O)c2cc(F)cc(Br)c2)nc1. The summed E-state index contributed by atoms with van der Waals surface area (Å²) in [6, 6.07) is 6.45. The summed E-state index contributed by atoms with van der Waals surface area (Å²) in [4.78, 5) is 26.3. The Hall–Kier alpha value is -2.28. The minimum absolute atomic E-state index is 0.0106. The van der Waals surface area contributed by atoms with Crippen LogP contribution in [0, 0.1) is 5.82 Å². The summed E-state index contributed by atoms with van der Waals surface area (Å²) in [6.07, 6.45) is 1.12. The van der Waals surface area contributed by atoms with Crippen molar-refractivity contribution in [3.8, 4) is 0 Å². The lowest BCUT2D eigenvalue weighted by Gasteiger charge is -2.05. The number of aromatic nitrogens is 1. The quantitative estimate of drug-likeness (QED) is 0.901. The predicted octanol–water partition coefficient (Wildman–Crippen LogP) is 2.93. The van der Waals surface area contributed by atoms with E-state index in [1.165, 1.54) is 24.3 Å². The second-order valence-electron chi connectivity index (χ2n) is 3.85. The van der Waals surface area contributed by atoms with Crippen LogP contribution in [0.3, 0.4) is 0 Å². The minimum atomic E-state index is -1.11. The van der Waals surface area contributed by atoms with Gasteiger partial charge in [-0.15, -0.1) is 0 Å². The number of pyridine rings is 1. The number of aromatic carboxylic acids is 1. The van der Waals surface area contributed by atoms with E-state index in [-0.39, 0.29) is 16.9 Å². The predicted molar refractivity (Wildman–Crippen MR) is 73.2 cm³/mol. The molecule has 0 spiro atoms. The van der Waals surface area contributed by atoms with Gasteiger partial charge in [0.2, 0.25) is 0 Å². The Morgan fingerprint density at radius 2 is 1.95 bits per heavy atom. The van der Waals surface area contributed by atoms with Gasteiger partial charge < -0.3 is 10.4 Å². The molecule has 7 heteroatoms. The van der Waals surface area contributed by atoms with Crippen molar-refractivity contribution in [3.63, 3.8) is 0 Å². The van der Waals surface area contributed by atoms with Crippen LogP contribution in [0.5, 0.6) is 0 Å². The Bertz CT molecular complexity index is 654. The number of benzene rings is 1. The van der Waals surface area contributed by atoms with E-state index in [0.717, 1.165) is 12.3 Å². The molecule has 0 atom stereocenters. The van der Waals surface area contributed by atoms with Crippen LogP contribution in [0.4, 0.5) is 10.2 Å². The number of nitrogens with zero attached hydrogens (tertiary/aromatic N) is 1. The molecule has 0 saturated carbocycles. The van der Waals surface area contributed by atoms with Gasteiger partial charge in [-0.1, -0.05) is 15.9 Å². The van der Waals surface area contributed by atoms with Crippen molar-refractivity contribution in [2.45, 2.75) is 0 Å². The number of carbonyl (C=O) groups is 2. The number of hydrogen-bond donors (Lipinski definition) is 2. The van der Waals surface area contributed by atoms with Crippen LogP contribution in [0.2, 0.25) is 0 Å². The number of carboxylic acids is 1. The Kier molecular flexibility index (Phi) is 4.09. The maximum atomic E-state index is 13.2. The molecule has 0 radical (unpaired) electrons. The Balaban J connectivity index is 2.16. The molecule has 1 aromatic heterocycles. The Labute approximate surface area is 121 Å². The van der Waals surface area contributed by atoms with Crippen molar-refractivity contribution >= 4 is 33.6 Å². The van der Waals surface area contributed by atoms with E-state index in [2.05, 4.69) is 26.2 Å². The van der Waals surface area contributed by atoms with E-state index < -0.39 is 17.7 Å². The highest BCUT2D eigenvalue weighted by Crippen LogP contribution is 2.16. The molecular weight excluding hydrogens is 331 g/mol. The van der Waals surface area contributed by atoms with Crippen molar-refractivity contribution in [3.05, 3.63) is 57.9 Å². The number of nitrogens with one attached hydrogen (secondary N) is 1. The second kappa shape index (κ2) is 5.79. The fraction of sp³-hybridized carbons (Fsp3) is 0. The van der Waals surface area contributed by atoms with Crippen molar-refractivity contribution in [1.29, 1.82) is 0 Å². The summed E-state index contributed by atoms with van der Waals surface area (Å²) >= 11 is 3.09. The van der Waals surface area contributed by atoms with E-state index in [1.807, 2.05) is 0 Å². The molecule has 1 aromatic carbocycles. The van der Waals surface area contributed by atoms with Gasteiger partial charge in [-0.3, -0.25) is 4.79 Å². The summed E-state index contributed by atoms with van der Waals surface area (Å²) < 4.78 is 13.6. The highest BCUT2D eigenvalue weighted by molar-refractivity contribution is 9.10. The summed E-state index contributed by atoms with van der Waals surface area (Å²) in [6.45, 7) is 0. The van der Waals surface area contributed by atoms with Crippen LogP contribution in [-0.4, -0.2) is 22.0 Å². The van der Waals surface area contributed by atoms with Gasteiger partial charge in [0.25, 0.3) is 5.91 Å². The van der Waals surface area contributed by atoms with Crippen LogP contribution < -0.4 is 5.32 Å². The van der Waals surface area contributed by atoms with Crippen LogP contribution in [0.15, 0.2) is 41.0 Å². The normalized spacial score (nSPS) is 10.1. The molecule has 0 aliphatic rings. The molecular formula is C13H8BrFN2O3. The van der Waals surface area contributed by atoms with Gasteiger partial charge in [0.15, 0.2) is 0 Å². The number of rotatable bonds is 3. The van der Waals surface area contributed by atoms with Gasteiger partial charge in [0, 0.05) is 16.2 Å². The van der Waals surface area contributed by atoms with Crippen molar-refractivity contribution in [1.82, 2.24) is 4.98 Å². The molecule has 0 unspecified atom stereocenters. The zero-order valence-electron chi connectivity index (χ0n) is 9.93. The first-order valence-corrected chi connectivity index (χ1v) is 6.22. The Morgan fingerprint density at radius 1 is 1.20 bits per heavy atom. The van der Waals surface area contributed by atoms with E-state index in [4.69, 9.17) is 5.11 Å². The van der Waals surface area contributed by atoms with Gasteiger partial charge in [-0.25, -0.2) is 14.2 Å². The first-order chi connectivity index (χ1) is 9.45. The van der Waals surface area contributed by atoms with Gasteiger partial charge in [-0.2, -0.15) is 0 Å². The molecule has 5 nitrogen and oxygen atoms in total. The maximum Gasteiger partial charge on any atom is 0.337 e. The van der Waals surface area contributed by atoms with Crippen LogP contribution in [0.1, 0.15) is 20.7 Å². The number of amides is 1. The number of carbonyl (C=O) groups excluding carboxylic acids is 1. The van der Waals surface area contributed by atoms with Crippen LogP contribution in [-0.2, 0) is 0 Å². The monoisotopic (exact) mass is 338 g/mol. The maximum absolute atomic E-state index is 13.2. The molecule has 0 saturated heterocycles. The minimum Gasteiger partial charge on any atom is -0.478 e. The topological polar surface area (TPSA) is 79.3 Å². The molecule has 0 aliphatic carbocycles. The van der Waals surface area contributed by atoms with E-state index >= 15 is 0 Å². The third-order valence-electron chi connectivity index (χ3n) is 2.38. The molecule has 1 amide bonds. The number of anilines is 1. The molecule has 1 heterocycles. The van der Waals surface area contributed by atoms with E-state index in [0.29, 0.717) is 4.47 Å². The number of hydrogen-bond acceptors (Lipinski definition) is 3. The zero-order valence-corrected chi connectivity index (χ0v) is 11.5. The van der Waals surface area contributed by atoms with Crippen molar-refractivity contribution in [2.24, 2.45) is 0 Å². The Morgan fingerprint density at radius 3 is 2.50 bits per heavy atom. The summed E-state index contributed by atoms with van der Waals surface area (Å²) in [5, 5.41) is 11.2. The molecule has 20 heavy (non-hydrogen) atoms. The van der Waals surface area contributed by atoms with Gasteiger partial charge >= 0.3 is 5.97 Å². The lowest BCUT2D eigenvalue weighted by molar-refractivity contribution is 0.0696. The number of carboxylic acid groups (broad SMARTS) is 1. The van der Waals surface area contributed by atoms with E-state index in [1.54, 1.807) is 0 Å². The molecule has 0 aliphatic heterocycles. The van der Waals surface area contributed by atoms with Crippen LogP contribution >= 0.6 is 15.9 Å². The molecule has 102 valence electrons. The molecule has 0 bridgehead atoms. The third-order valence-corrected chi connectivity index (χ3v) is 2.83. The van der Waals surface area contributed by atoms with E-state index in [9.17, 15) is 14.0 Å². The molecule has 2 N–H and O–H groups in total. The first-order valence-electron chi connectivity index (χ1n) is 5.42. The van der Waals surface area contributed by atoms with Gasteiger partial charge in [0.05, 0.1) is 5.56 Å². The smallest absolute Gasteiger partial charge is 0.337 e. The molecule has 2 aromatic rings. The summed E-state index contributed by atoms with van der Waals surface area (Å²) in [5.74, 6) is -2.01. The van der Waals surface area contributed by atoms with Crippen molar-refractivity contribution in [2.75, 3.05) is 5.32 Å². The average molecular weight is 339 g/mol.